The molecule has 1 aromatic heterocycles. The number of amides is 1. The number of benzene rings is 1. The second-order valence-corrected chi connectivity index (χ2v) is 3.69. The van der Waals surface area contributed by atoms with E-state index < -0.39 is 0 Å². The Hall–Kier alpha value is -2.37. The molecule has 0 unspecified atom stereocenters. The summed E-state index contributed by atoms with van der Waals surface area (Å²) in [6.07, 6.45) is 0. The van der Waals surface area contributed by atoms with Gasteiger partial charge in [-0.3, -0.25) is 9.89 Å². The molecule has 1 amide bonds. The van der Waals surface area contributed by atoms with Gasteiger partial charge >= 0.3 is 0 Å². The molecule has 1 heterocycles. The van der Waals surface area contributed by atoms with Gasteiger partial charge in [-0.15, -0.1) is 5.10 Å². The van der Waals surface area contributed by atoms with Crippen LogP contribution in [0.1, 0.15) is 16.2 Å². The van der Waals surface area contributed by atoms with Gasteiger partial charge in [-0.25, -0.2) is 0 Å². The summed E-state index contributed by atoms with van der Waals surface area (Å²) in [4.78, 5) is 17.4. The van der Waals surface area contributed by atoms with Crippen LogP contribution in [0.25, 0.3) is 0 Å². The van der Waals surface area contributed by atoms with Crippen LogP contribution in [0.4, 0.5) is 11.6 Å². The highest BCUT2D eigenvalue weighted by atomic mass is 16.2. The fourth-order valence-corrected chi connectivity index (χ4v) is 1.58. The van der Waals surface area contributed by atoms with Gasteiger partial charge in [0.1, 0.15) is 0 Å². The summed E-state index contributed by atoms with van der Waals surface area (Å²) in [5.41, 5.74) is 7.20. The standard InChI is InChI=1S/C11H13N5O/c1-7-5-3-4-6-8(7)16(2)10(17)9-13-11(12)15-14-9/h3-6H,1-2H3,(H3,12,13,14,15). The first-order valence-electron chi connectivity index (χ1n) is 5.11. The second-order valence-electron chi connectivity index (χ2n) is 3.69. The van der Waals surface area contributed by atoms with Crippen molar-refractivity contribution in [2.24, 2.45) is 0 Å². The third-order valence-electron chi connectivity index (χ3n) is 2.49. The zero-order chi connectivity index (χ0) is 12.4. The SMILES string of the molecule is Cc1ccccc1N(C)C(=O)c1nc(N)n[nH]1. The maximum atomic E-state index is 12.0. The van der Waals surface area contributed by atoms with Gasteiger partial charge in [-0.2, -0.15) is 4.98 Å². The van der Waals surface area contributed by atoms with Crippen LogP contribution in [0.3, 0.4) is 0 Å². The molecule has 0 fully saturated rings. The molecule has 0 spiro atoms. The van der Waals surface area contributed by atoms with Crippen LogP contribution in [0, 0.1) is 6.92 Å². The topological polar surface area (TPSA) is 87.9 Å². The van der Waals surface area contributed by atoms with E-state index in [9.17, 15) is 4.79 Å². The van der Waals surface area contributed by atoms with E-state index in [0.29, 0.717) is 0 Å². The minimum Gasteiger partial charge on any atom is -0.366 e. The van der Waals surface area contributed by atoms with Crippen molar-refractivity contribution in [3.8, 4) is 0 Å². The zero-order valence-corrected chi connectivity index (χ0v) is 9.64. The maximum absolute atomic E-state index is 12.0. The fourth-order valence-electron chi connectivity index (χ4n) is 1.58. The van der Waals surface area contributed by atoms with Crippen molar-refractivity contribution in [3.05, 3.63) is 35.7 Å². The molecule has 2 rings (SSSR count). The molecule has 0 radical (unpaired) electrons. The van der Waals surface area contributed by atoms with Gasteiger partial charge in [0.25, 0.3) is 5.91 Å². The highest BCUT2D eigenvalue weighted by Crippen LogP contribution is 2.19. The first-order valence-corrected chi connectivity index (χ1v) is 5.11. The third-order valence-corrected chi connectivity index (χ3v) is 2.49. The van der Waals surface area contributed by atoms with Gasteiger partial charge in [0.15, 0.2) is 0 Å². The van der Waals surface area contributed by atoms with Crippen LogP contribution in [0.5, 0.6) is 0 Å². The average Bonchev–Trinajstić information content (AvgIpc) is 2.75. The summed E-state index contributed by atoms with van der Waals surface area (Å²) >= 11 is 0. The van der Waals surface area contributed by atoms with Gasteiger partial charge in [0.05, 0.1) is 0 Å². The third kappa shape index (κ3) is 2.10. The zero-order valence-electron chi connectivity index (χ0n) is 9.64. The number of nitrogens with two attached hydrogens (primary N) is 1. The van der Waals surface area contributed by atoms with Crippen LogP contribution < -0.4 is 10.6 Å². The molecule has 88 valence electrons. The Morgan fingerprint density at radius 3 is 2.71 bits per heavy atom. The van der Waals surface area contributed by atoms with E-state index in [4.69, 9.17) is 5.73 Å². The summed E-state index contributed by atoms with van der Waals surface area (Å²) < 4.78 is 0. The molecule has 0 atom stereocenters. The van der Waals surface area contributed by atoms with Crippen molar-refractivity contribution >= 4 is 17.5 Å². The van der Waals surface area contributed by atoms with E-state index in [1.807, 2.05) is 31.2 Å². The minimum atomic E-state index is -0.275. The number of para-hydroxylation sites is 1. The Balaban J connectivity index is 2.29. The Kier molecular flexibility index (Phi) is 2.78. The van der Waals surface area contributed by atoms with E-state index in [2.05, 4.69) is 15.2 Å². The fraction of sp³-hybridized carbons (Fsp3) is 0.182. The highest BCUT2D eigenvalue weighted by Gasteiger charge is 2.18. The number of carbonyl (C=O) groups excluding carboxylic acids is 1. The number of nitrogens with zero attached hydrogens (tertiary/aromatic N) is 3. The molecule has 6 heteroatoms. The summed E-state index contributed by atoms with van der Waals surface area (Å²) in [5.74, 6) is -0.0803. The molecular weight excluding hydrogens is 218 g/mol. The number of H-pyrrole nitrogens is 1. The number of carbonyl (C=O) groups is 1. The number of nitrogens with one attached hydrogen (secondary N) is 1. The molecule has 1 aromatic carbocycles. The number of rotatable bonds is 2. The lowest BCUT2D eigenvalue weighted by Gasteiger charge is -2.17. The Labute approximate surface area is 98.5 Å². The van der Waals surface area contributed by atoms with Crippen LogP contribution in [-0.4, -0.2) is 28.1 Å². The van der Waals surface area contributed by atoms with E-state index in [-0.39, 0.29) is 17.7 Å². The van der Waals surface area contributed by atoms with Gasteiger partial charge in [0, 0.05) is 12.7 Å². The lowest BCUT2D eigenvalue weighted by Crippen LogP contribution is -2.27. The molecule has 0 aliphatic carbocycles. The number of anilines is 2. The summed E-state index contributed by atoms with van der Waals surface area (Å²) in [7, 11) is 1.68. The van der Waals surface area contributed by atoms with Crippen molar-refractivity contribution in [3.63, 3.8) is 0 Å². The van der Waals surface area contributed by atoms with E-state index >= 15 is 0 Å². The Morgan fingerprint density at radius 1 is 1.41 bits per heavy atom. The molecule has 3 N–H and O–H groups in total. The highest BCUT2D eigenvalue weighted by molar-refractivity contribution is 6.03. The summed E-state index contributed by atoms with van der Waals surface area (Å²) in [5, 5.41) is 6.13. The molecule has 0 aliphatic rings. The quantitative estimate of drug-likeness (QED) is 0.806. The van der Waals surface area contributed by atoms with E-state index in [0.717, 1.165) is 11.3 Å². The number of aromatic amines is 1. The summed E-state index contributed by atoms with van der Waals surface area (Å²) in [6.45, 7) is 1.94. The lowest BCUT2D eigenvalue weighted by molar-refractivity contribution is 0.0983. The Bertz CT molecular complexity index is 548. The average molecular weight is 231 g/mol. The van der Waals surface area contributed by atoms with Crippen molar-refractivity contribution < 1.29 is 4.79 Å². The predicted molar refractivity (Wildman–Crippen MR) is 64.7 cm³/mol. The van der Waals surface area contributed by atoms with Gasteiger partial charge in [-0.1, -0.05) is 18.2 Å². The Morgan fingerprint density at radius 2 is 2.12 bits per heavy atom. The normalized spacial score (nSPS) is 10.2. The van der Waals surface area contributed by atoms with Gasteiger partial charge in [-0.05, 0) is 18.6 Å². The maximum Gasteiger partial charge on any atom is 0.295 e. The first-order chi connectivity index (χ1) is 8.09. The van der Waals surface area contributed by atoms with Gasteiger partial charge < -0.3 is 10.6 Å². The van der Waals surface area contributed by atoms with Crippen LogP contribution >= 0.6 is 0 Å². The van der Waals surface area contributed by atoms with Crippen LogP contribution in [0.2, 0.25) is 0 Å². The minimum absolute atomic E-state index is 0.0616. The molecular formula is C11H13N5O. The van der Waals surface area contributed by atoms with Crippen molar-refractivity contribution in [1.82, 2.24) is 15.2 Å². The molecule has 6 nitrogen and oxygen atoms in total. The van der Waals surface area contributed by atoms with Crippen molar-refractivity contribution in [2.75, 3.05) is 17.7 Å². The van der Waals surface area contributed by atoms with Crippen molar-refractivity contribution in [1.29, 1.82) is 0 Å². The second kappa shape index (κ2) is 4.25. The van der Waals surface area contributed by atoms with E-state index in [1.165, 1.54) is 4.90 Å². The van der Waals surface area contributed by atoms with Crippen LogP contribution in [0.15, 0.2) is 24.3 Å². The number of hydrogen-bond donors (Lipinski definition) is 2. The smallest absolute Gasteiger partial charge is 0.295 e. The number of aryl methyl sites for hydroxylation is 1. The number of aromatic nitrogens is 3. The van der Waals surface area contributed by atoms with Crippen LogP contribution in [-0.2, 0) is 0 Å². The first kappa shape index (κ1) is 11.1. The summed E-state index contributed by atoms with van der Waals surface area (Å²) in [6, 6.07) is 7.60. The molecule has 0 saturated carbocycles. The van der Waals surface area contributed by atoms with E-state index in [1.54, 1.807) is 7.05 Å². The number of hydrogen-bond acceptors (Lipinski definition) is 4. The van der Waals surface area contributed by atoms with Gasteiger partial charge in [0.2, 0.25) is 11.8 Å². The molecule has 0 saturated heterocycles. The van der Waals surface area contributed by atoms with Crippen molar-refractivity contribution in [2.45, 2.75) is 6.92 Å². The largest absolute Gasteiger partial charge is 0.366 e. The predicted octanol–water partition coefficient (Wildman–Crippen LogP) is 0.972. The molecule has 0 bridgehead atoms. The molecule has 17 heavy (non-hydrogen) atoms. The number of nitrogen functional groups attached to an aromatic ring is 1. The lowest BCUT2D eigenvalue weighted by atomic mass is 10.2. The molecule has 0 aliphatic heterocycles. The molecule has 2 aromatic rings. The monoisotopic (exact) mass is 231 g/mol.